The van der Waals surface area contributed by atoms with Crippen molar-refractivity contribution in [2.45, 2.75) is 0 Å². The van der Waals surface area contributed by atoms with Crippen LogP contribution in [-0.2, 0) is 9.59 Å². The maximum Gasteiger partial charge on any atom is 0.339 e. The zero-order valence-corrected chi connectivity index (χ0v) is 18.0. The third-order valence-electron chi connectivity index (χ3n) is 5.38. The fraction of sp³-hybridized carbons (Fsp3) is 0.0833. The van der Waals surface area contributed by atoms with E-state index in [9.17, 15) is 19.8 Å². The summed E-state index contributed by atoms with van der Waals surface area (Å²) < 4.78 is 11.0. The molecule has 4 N–H and O–H groups in total. The summed E-state index contributed by atoms with van der Waals surface area (Å²) in [5.74, 6) is -2.48. The molecule has 0 radical (unpaired) electrons. The lowest BCUT2D eigenvalue weighted by atomic mass is 10.0. The zero-order chi connectivity index (χ0) is 24.0. The smallest absolute Gasteiger partial charge is 0.339 e. The number of carboxylic acids is 2. The van der Waals surface area contributed by atoms with Crippen LogP contribution in [0.2, 0.25) is 0 Å². The van der Waals surface area contributed by atoms with Gasteiger partial charge in [0.05, 0.1) is 31.3 Å². The number of hydrogen-bond donors (Lipinski definition) is 4. The molecular formula is C24H18N4O6. The van der Waals surface area contributed by atoms with E-state index in [1.807, 2.05) is 24.3 Å². The van der Waals surface area contributed by atoms with Crippen LogP contribution in [0, 0.1) is 0 Å². The van der Waals surface area contributed by atoms with E-state index < -0.39 is 23.1 Å². The first kappa shape index (κ1) is 21.0. The van der Waals surface area contributed by atoms with Crippen molar-refractivity contribution in [2.24, 2.45) is 0 Å². The molecule has 2 aliphatic rings. The molecule has 34 heavy (non-hydrogen) atoms. The molecule has 0 saturated carbocycles. The number of H-pyrrole nitrogens is 2. The van der Waals surface area contributed by atoms with Crippen LogP contribution in [0.5, 0.6) is 11.5 Å². The number of nitrogens with one attached hydrogen (secondary N) is 2. The first-order chi connectivity index (χ1) is 16.4. The molecule has 0 aliphatic carbocycles. The number of methoxy groups -OCH3 is 2. The number of rotatable bonds is 4. The number of aliphatic carboxylic acids is 2. The third kappa shape index (κ3) is 3.47. The van der Waals surface area contributed by atoms with Gasteiger partial charge < -0.3 is 29.7 Å². The number of nitrogens with zero attached hydrogens (tertiary/aromatic N) is 2. The summed E-state index contributed by atoms with van der Waals surface area (Å²) in [5, 5.41) is 19.8. The predicted octanol–water partition coefficient (Wildman–Crippen LogP) is 3.58. The number of aromatic nitrogens is 4. The predicted molar refractivity (Wildman–Crippen MR) is 125 cm³/mol. The highest BCUT2D eigenvalue weighted by Crippen LogP contribution is 2.39. The lowest BCUT2D eigenvalue weighted by Crippen LogP contribution is -2.06. The topological polar surface area (TPSA) is 150 Å². The van der Waals surface area contributed by atoms with E-state index in [2.05, 4.69) is 19.9 Å². The Kier molecular flexibility index (Phi) is 4.90. The first-order valence-corrected chi connectivity index (χ1v) is 10.1. The van der Waals surface area contributed by atoms with Crippen LogP contribution >= 0.6 is 0 Å². The quantitative estimate of drug-likeness (QED) is 0.362. The molecule has 0 aromatic carbocycles. The number of carboxylic acid groups (broad SMARTS) is 2. The van der Waals surface area contributed by atoms with Gasteiger partial charge in [-0.15, -0.1) is 0 Å². The molecule has 3 aromatic heterocycles. The van der Waals surface area contributed by atoms with Gasteiger partial charge in [-0.05, 0) is 42.5 Å². The second-order valence-corrected chi connectivity index (χ2v) is 7.50. The van der Waals surface area contributed by atoms with Crippen LogP contribution in [0.15, 0.2) is 36.4 Å². The Bertz CT molecular complexity index is 1590. The molecule has 170 valence electrons. The summed E-state index contributed by atoms with van der Waals surface area (Å²) in [6, 6.07) is 10.6. The minimum absolute atomic E-state index is 0.0276. The average Bonchev–Trinajstić information content (AvgIpc) is 3.56. The van der Waals surface area contributed by atoms with Crippen molar-refractivity contribution >= 4 is 57.3 Å². The molecule has 10 heteroatoms. The molecule has 5 heterocycles. The van der Waals surface area contributed by atoms with Crippen LogP contribution in [0.3, 0.4) is 0 Å². The van der Waals surface area contributed by atoms with E-state index in [1.165, 1.54) is 20.3 Å². The highest BCUT2D eigenvalue weighted by molar-refractivity contribution is 6.37. The van der Waals surface area contributed by atoms with Gasteiger partial charge in [0.25, 0.3) is 0 Å². The van der Waals surface area contributed by atoms with Crippen molar-refractivity contribution in [1.29, 1.82) is 0 Å². The van der Waals surface area contributed by atoms with E-state index >= 15 is 0 Å². The molecule has 0 spiro atoms. The molecule has 3 aromatic rings. The summed E-state index contributed by atoms with van der Waals surface area (Å²) in [7, 11) is 2.81. The molecule has 8 bridgehead atoms. The third-order valence-corrected chi connectivity index (χ3v) is 5.38. The first-order valence-electron chi connectivity index (χ1n) is 10.1. The number of carbonyl (C=O) groups is 2. The summed E-state index contributed by atoms with van der Waals surface area (Å²) in [4.78, 5) is 39.6. The van der Waals surface area contributed by atoms with Crippen molar-refractivity contribution in [1.82, 2.24) is 19.9 Å². The molecule has 0 saturated heterocycles. The molecule has 10 nitrogen and oxygen atoms in total. The highest BCUT2D eigenvalue weighted by Gasteiger charge is 2.33. The fourth-order valence-electron chi connectivity index (χ4n) is 3.97. The normalized spacial score (nSPS) is 12.6. The Balaban J connectivity index is 2.00. The molecule has 0 atom stereocenters. The van der Waals surface area contributed by atoms with Gasteiger partial charge >= 0.3 is 11.9 Å². The van der Waals surface area contributed by atoms with Gasteiger partial charge in [0, 0.05) is 22.6 Å². The summed E-state index contributed by atoms with van der Waals surface area (Å²) in [5.41, 5.74) is 2.51. The van der Waals surface area contributed by atoms with Crippen LogP contribution in [-0.4, -0.2) is 56.3 Å². The van der Waals surface area contributed by atoms with Crippen LogP contribution in [0.1, 0.15) is 22.8 Å². The lowest BCUT2D eigenvalue weighted by Gasteiger charge is -2.06. The molecule has 0 amide bonds. The highest BCUT2D eigenvalue weighted by atomic mass is 16.5. The zero-order valence-electron chi connectivity index (χ0n) is 18.0. The molecule has 0 fully saturated rings. The fourth-order valence-corrected chi connectivity index (χ4v) is 3.97. The Morgan fingerprint density at radius 1 is 0.794 bits per heavy atom. The average molecular weight is 458 g/mol. The molecular weight excluding hydrogens is 440 g/mol. The van der Waals surface area contributed by atoms with E-state index in [4.69, 9.17) is 9.47 Å². The second-order valence-electron chi connectivity index (χ2n) is 7.50. The minimum Gasteiger partial charge on any atom is -0.494 e. The van der Waals surface area contributed by atoms with Crippen LogP contribution in [0.4, 0.5) is 0 Å². The van der Waals surface area contributed by atoms with Gasteiger partial charge in [0.2, 0.25) is 0 Å². The van der Waals surface area contributed by atoms with Crippen molar-refractivity contribution in [2.75, 3.05) is 14.2 Å². The van der Waals surface area contributed by atoms with Crippen LogP contribution in [0.25, 0.3) is 45.4 Å². The van der Waals surface area contributed by atoms with E-state index in [-0.39, 0.29) is 17.1 Å². The lowest BCUT2D eigenvalue weighted by molar-refractivity contribution is -0.132. The monoisotopic (exact) mass is 458 g/mol. The minimum atomic E-state index is -1.45. The number of fused-ring (bicyclic) bond motifs is 8. The Hall–Kier alpha value is -4.86. The SMILES string of the molecule is COc1cc2cc3ccc(cc4nc(cc5nc(c(OC)c1[nH]2)C(C(=O)O)=C5C(=O)O)C=C4)[nH]3. The van der Waals surface area contributed by atoms with Crippen molar-refractivity contribution < 1.29 is 29.3 Å². The van der Waals surface area contributed by atoms with Gasteiger partial charge in [-0.2, -0.15) is 0 Å². The van der Waals surface area contributed by atoms with Gasteiger partial charge in [-0.3, -0.25) is 0 Å². The second kappa shape index (κ2) is 7.93. The number of hydrogen-bond acceptors (Lipinski definition) is 6. The van der Waals surface area contributed by atoms with Gasteiger partial charge in [-0.1, -0.05) is 0 Å². The molecule has 2 aliphatic heterocycles. The summed E-state index contributed by atoms with van der Waals surface area (Å²) in [6.07, 6.45) is 3.46. The standard InChI is InChI=1S/C24H18N4O6/c1-33-17-10-15-8-13-4-3-11(25-13)7-12-5-6-14(26-12)9-16-18(23(29)30)19(24(31)32)21(28-16)22(34-2)20(17)27-15/h3-10,25,27H,1-2H3,(H,29,30)(H,31,32). The van der Waals surface area contributed by atoms with Crippen molar-refractivity contribution in [3.8, 4) is 11.5 Å². The van der Waals surface area contributed by atoms with Gasteiger partial charge in [0.1, 0.15) is 28.1 Å². The van der Waals surface area contributed by atoms with Gasteiger partial charge in [-0.25, -0.2) is 19.6 Å². The maximum absolute atomic E-state index is 12.2. The van der Waals surface area contributed by atoms with Crippen LogP contribution < -0.4 is 9.47 Å². The number of aromatic amines is 2. The maximum atomic E-state index is 12.2. The molecule has 5 rings (SSSR count). The van der Waals surface area contributed by atoms with E-state index in [0.29, 0.717) is 28.2 Å². The molecule has 0 unspecified atom stereocenters. The van der Waals surface area contributed by atoms with E-state index in [0.717, 1.165) is 11.0 Å². The Labute approximate surface area is 191 Å². The Morgan fingerprint density at radius 3 is 2.12 bits per heavy atom. The number of ether oxygens (including phenoxy) is 2. The Morgan fingerprint density at radius 2 is 1.47 bits per heavy atom. The van der Waals surface area contributed by atoms with Crippen molar-refractivity contribution in [3.63, 3.8) is 0 Å². The largest absolute Gasteiger partial charge is 0.494 e. The van der Waals surface area contributed by atoms with Gasteiger partial charge in [0.15, 0.2) is 5.75 Å². The summed E-state index contributed by atoms with van der Waals surface area (Å²) >= 11 is 0. The van der Waals surface area contributed by atoms with Crippen molar-refractivity contribution in [3.05, 3.63) is 59.2 Å². The van der Waals surface area contributed by atoms with E-state index in [1.54, 1.807) is 18.2 Å². The summed E-state index contributed by atoms with van der Waals surface area (Å²) in [6.45, 7) is 0.